The number of rotatable bonds is 4. The molecule has 0 fully saturated rings. The third kappa shape index (κ3) is 3.68. The highest BCUT2D eigenvalue weighted by molar-refractivity contribution is 6.28. The summed E-state index contributed by atoms with van der Waals surface area (Å²) in [4.78, 5) is 9.51. The van der Waals surface area contributed by atoms with E-state index in [0.29, 0.717) is 16.8 Å². The Hall–Kier alpha value is -3.74. The standard InChI is InChI=1S/C21H21N5O2/c1-13(2)16-9-17(19(28)10-18(16)27)21(23)26(15-6-4-8-25-12-15)20(22)14-5-3-7-24-11-14/h3-13,22-23,27-28H,1-2H3. The van der Waals surface area contributed by atoms with Crippen LogP contribution < -0.4 is 4.90 Å². The molecule has 0 aliphatic carbocycles. The van der Waals surface area contributed by atoms with Crippen molar-refractivity contribution < 1.29 is 10.2 Å². The van der Waals surface area contributed by atoms with Crippen molar-refractivity contribution in [3.63, 3.8) is 0 Å². The van der Waals surface area contributed by atoms with Crippen molar-refractivity contribution in [2.75, 3.05) is 4.90 Å². The van der Waals surface area contributed by atoms with Gasteiger partial charge >= 0.3 is 0 Å². The first-order valence-electron chi connectivity index (χ1n) is 8.74. The molecule has 4 N–H and O–H groups in total. The van der Waals surface area contributed by atoms with Gasteiger partial charge in [-0.15, -0.1) is 0 Å². The van der Waals surface area contributed by atoms with Gasteiger partial charge in [0.05, 0.1) is 17.4 Å². The van der Waals surface area contributed by atoms with Crippen molar-refractivity contribution in [3.05, 3.63) is 77.9 Å². The molecule has 0 saturated heterocycles. The van der Waals surface area contributed by atoms with E-state index in [-0.39, 0.29) is 34.7 Å². The number of aromatic nitrogens is 2. The second kappa shape index (κ2) is 7.87. The second-order valence-corrected chi connectivity index (χ2v) is 6.57. The zero-order valence-corrected chi connectivity index (χ0v) is 15.6. The van der Waals surface area contributed by atoms with E-state index in [1.165, 1.54) is 17.2 Å². The third-order valence-corrected chi connectivity index (χ3v) is 4.31. The van der Waals surface area contributed by atoms with Crippen LogP contribution in [0, 0.1) is 10.8 Å². The van der Waals surface area contributed by atoms with E-state index in [1.807, 2.05) is 13.8 Å². The fourth-order valence-corrected chi connectivity index (χ4v) is 2.85. The maximum Gasteiger partial charge on any atom is 0.142 e. The molecule has 7 nitrogen and oxygen atoms in total. The Bertz CT molecular complexity index is 1000. The maximum atomic E-state index is 10.4. The number of hydrogen-bond donors (Lipinski definition) is 4. The highest BCUT2D eigenvalue weighted by atomic mass is 16.3. The van der Waals surface area contributed by atoms with Gasteiger partial charge in [0.1, 0.15) is 23.2 Å². The van der Waals surface area contributed by atoms with Crippen LogP contribution in [0.5, 0.6) is 11.5 Å². The van der Waals surface area contributed by atoms with Crippen LogP contribution in [-0.2, 0) is 0 Å². The van der Waals surface area contributed by atoms with E-state index < -0.39 is 0 Å². The van der Waals surface area contributed by atoms with Crippen LogP contribution in [-0.4, -0.2) is 31.9 Å². The molecule has 3 aromatic rings. The summed E-state index contributed by atoms with van der Waals surface area (Å²) in [7, 11) is 0. The third-order valence-electron chi connectivity index (χ3n) is 4.31. The predicted octanol–water partition coefficient (Wildman–Crippen LogP) is 3.87. The molecule has 7 heteroatoms. The van der Waals surface area contributed by atoms with Gasteiger partial charge in [-0.1, -0.05) is 13.8 Å². The summed E-state index contributed by atoms with van der Waals surface area (Å²) in [6.45, 7) is 3.83. The fourth-order valence-electron chi connectivity index (χ4n) is 2.85. The summed E-state index contributed by atoms with van der Waals surface area (Å²) >= 11 is 0. The molecule has 2 aromatic heterocycles. The highest BCUT2D eigenvalue weighted by Crippen LogP contribution is 2.33. The van der Waals surface area contributed by atoms with E-state index in [4.69, 9.17) is 10.8 Å². The Balaban J connectivity index is 2.13. The molecular formula is C21H21N5O2. The molecule has 0 aliphatic heterocycles. The average Bonchev–Trinajstić information content (AvgIpc) is 2.69. The molecule has 0 bridgehead atoms. The first kappa shape index (κ1) is 19.0. The first-order chi connectivity index (χ1) is 13.4. The van der Waals surface area contributed by atoms with Crippen molar-refractivity contribution in [2.45, 2.75) is 19.8 Å². The van der Waals surface area contributed by atoms with Crippen molar-refractivity contribution in [3.8, 4) is 11.5 Å². The lowest BCUT2D eigenvalue weighted by molar-refractivity contribution is 0.443. The summed E-state index contributed by atoms with van der Waals surface area (Å²) in [6.07, 6.45) is 6.29. The van der Waals surface area contributed by atoms with Crippen LogP contribution >= 0.6 is 0 Å². The van der Waals surface area contributed by atoms with Crippen LogP contribution in [0.4, 0.5) is 5.69 Å². The molecule has 0 radical (unpaired) electrons. The molecule has 0 atom stereocenters. The van der Waals surface area contributed by atoms with E-state index in [0.717, 1.165) is 0 Å². The number of phenols is 2. The molecule has 0 unspecified atom stereocenters. The van der Waals surface area contributed by atoms with Gasteiger partial charge in [-0.2, -0.15) is 0 Å². The molecule has 2 heterocycles. The maximum absolute atomic E-state index is 10.4. The number of nitrogens with one attached hydrogen (secondary N) is 2. The predicted molar refractivity (Wildman–Crippen MR) is 108 cm³/mol. The summed E-state index contributed by atoms with van der Waals surface area (Å²) in [5, 5.41) is 37.9. The lowest BCUT2D eigenvalue weighted by atomic mass is 9.98. The monoisotopic (exact) mass is 375 g/mol. The largest absolute Gasteiger partial charge is 0.508 e. The first-order valence-corrected chi connectivity index (χ1v) is 8.74. The van der Waals surface area contributed by atoms with Gasteiger partial charge in [-0.3, -0.25) is 25.7 Å². The molecule has 0 spiro atoms. The number of amidine groups is 2. The van der Waals surface area contributed by atoms with Gasteiger partial charge < -0.3 is 10.2 Å². The topological polar surface area (TPSA) is 117 Å². The molecule has 0 aliphatic rings. The number of nitrogens with zero attached hydrogens (tertiary/aromatic N) is 3. The Kier molecular flexibility index (Phi) is 5.35. The van der Waals surface area contributed by atoms with Crippen molar-refractivity contribution in [1.82, 2.24) is 9.97 Å². The smallest absolute Gasteiger partial charge is 0.142 e. The molecular weight excluding hydrogens is 354 g/mol. The normalized spacial score (nSPS) is 10.7. The van der Waals surface area contributed by atoms with Crippen molar-refractivity contribution in [1.29, 1.82) is 10.8 Å². The number of anilines is 1. The Morgan fingerprint density at radius 3 is 2.18 bits per heavy atom. The Morgan fingerprint density at radius 1 is 0.929 bits per heavy atom. The quantitative estimate of drug-likeness (QED) is 0.408. The minimum Gasteiger partial charge on any atom is -0.508 e. The number of phenolic OH excluding ortho intramolecular Hbond substituents is 2. The lowest BCUT2D eigenvalue weighted by Gasteiger charge is -2.26. The number of aromatic hydroxyl groups is 2. The lowest BCUT2D eigenvalue weighted by Crippen LogP contribution is -2.37. The summed E-state index contributed by atoms with van der Waals surface area (Å²) < 4.78 is 0. The highest BCUT2D eigenvalue weighted by Gasteiger charge is 2.24. The molecule has 3 rings (SSSR count). The fraction of sp³-hybridized carbons (Fsp3) is 0.143. The van der Waals surface area contributed by atoms with E-state index in [9.17, 15) is 10.2 Å². The van der Waals surface area contributed by atoms with Crippen LogP contribution in [0.3, 0.4) is 0 Å². The molecule has 28 heavy (non-hydrogen) atoms. The molecule has 0 saturated carbocycles. The van der Waals surface area contributed by atoms with Gasteiger partial charge in [0.2, 0.25) is 0 Å². The molecule has 0 amide bonds. The number of benzene rings is 1. The zero-order valence-electron chi connectivity index (χ0n) is 15.6. The SMILES string of the molecule is CC(C)c1cc(C(=N)N(C(=N)c2cccnc2)c2cccnc2)c(O)cc1O. The summed E-state index contributed by atoms with van der Waals surface area (Å²) in [5.41, 5.74) is 1.83. The summed E-state index contributed by atoms with van der Waals surface area (Å²) in [6, 6.07) is 9.69. The van der Waals surface area contributed by atoms with Gasteiger partial charge in [0.25, 0.3) is 0 Å². The van der Waals surface area contributed by atoms with Crippen LogP contribution in [0.1, 0.15) is 36.5 Å². The van der Waals surface area contributed by atoms with Crippen molar-refractivity contribution in [2.24, 2.45) is 0 Å². The van der Waals surface area contributed by atoms with Crippen molar-refractivity contribution >= 4 is 17.4 Å². The second-order valence-electron chi connectivity index (χ2n) is 6.57. The number of pyridine rings is 2. The summed E-state index contributed by atoms with van der Waals surface area (Å²) in [5.74, 6) is -0.359. The average molecular weight is 375 g/mol. The molecule has 1 aromatic carbocycles. The van der Waals surface area contributed by atoms with Gasteiger partial charge in [0, 0.05) is 30.2 Å². The minimum atomic E-state index is -0.236. The van der Waals surface area contributed by atoms with Crippen LogP contribution in [0.15, 0.2) is 61.2 Å². The Labute approximate surface area is 163 Å². The van der Waals surface area contributed by atoms with E-state index >= 15 is 0 Å². The van der Waals surface area contributed by atoms with Gasteiger partial charge in [0.15, 0.2) is 0 Å². The Morgan fingerprint density at radius 2 is 1.61 bits per heavy atom. The van der Waals surface area contributed by atoms with Gasteiger partial charge in [-0.25, -0.2) is 0 Å². The van der Waals surface area contributed by atoms with Gasteiger partial charge in [-0.05, 0) is 41.8 Å². The minimum absolute atomic E-state index is 0.00299. The number of hydrogen-bond acceptors (Lipinski definition) is 6. The molecule has 142 valence electrons. The van der Waals surface area contributed by atoms with E-state index in [1.54, 1.807) is 48.9 Å². The van der Waals surface area contributed by atoms with E-state index in [2.05, 4.69) is 9.97 Å². The zero-order chi connectivity index (χ0) is 20.3. The van der Waals surface area contributed by atoms with Crippen LogP contribution in [0.25, 0.3) is 0 Å². The van der Waals surface area contributed by atoms with Crippen LogP contribution in [0.2, 0.25) is 0 Å².